The number of carbonyl (C=O) groups is 1. The second-order valence-corrected chi connectivity index (χ2v) is 5.61. The summed E-state index contributed by atoms with van der Waals surface area (Å²) in [5.41, 5.74) is 0. The van der Waals surface area contributed by atoms with E-state index in [0.717, 1.165) is 32.7 Å². The number of piperazine rings is 1. The van der Waals surface area contributed by atoms with Gasteiger partial charge in [-0.25, -0.2) is 4.79 Å². The fourth-order valence-electron chi connectivity index (χ4n) is 2.15. The first-order chi connectivity index (χ1) is 10.1. The molecule has 0 aromatic heterocycles. The minimum Gasteiger partial charge on any atom is -0.472 e. The first-order valence-corrected chi connectivity index (χ1v) is 7.68. The Bertz CT molecular complexity index is 491. The van der Waals surface area contributed by atoms with Crippen LogP contribution >= 0.6 is 23.2 Å². The average Bonchev–Trinajstić information content (AvgIpc) is 2.49. The van der Waals surface area contributed by atoms with Gasteiger partial charge < -0.3 is 19.9 Å². The van der Waals surface area contributed by atoms with Crippen LogP contribution in [0.3, 0.4) is 0 Å². The number of likely N-dealkylation sites (N-methyl/N-ethyl adjacent to an activating group) is 1. The summed E-state index contributed by atoms with van der Waals surface area (Å²) in [7, 11) is 0. The molecule has 1 saturated heterocycles. The normalized spacial score (nSPS) is 15.9. The topological polar surface area (TPSA) is 44.8 Å². The Balaban J connectivity index is 1.74. The van der Waals surface area contributed by atoms with Crippen molar-refractivity contribution in [2.45, 2.75) is 6.92 Å². The van der Waals surface area contributed by atoms with Crippen LogP contribution in [0, 0.1) is 0 Å². The minimum absolute atomic E-state index is 0.0776. The summed E-state index contributed by atoms with van der Waals surface area (Å²) in [5.74, 6) is 0.497. The second-order valence-electron chi connectivity index (χ2n) is 4.77. The monoisotopic (exact) mass is 331 g/mol. The molecule has 2 rings (SSSR count). The molecule has 2 amide bonds. The summed E-state index contributed by atoms with van der Waals surface area (Å²) in [6.07, 6.45) is 0. The van der Waals surface area contributed by atoms with Gasteiger partial charge in [-0.05, 0) is 24.7 Å². The van der Waals surface area contributed by atoms with Gasteiger partial charge in [-0.2, -0.15) is 0 Å². The van der Waals surface area contributed by atoms with E-state index in [-0.39, 0.29) is 12.8 Å². The van der Waals surface area contributed by atoms with E-state index in [9.17, 15) is 4.79 Å². The molecule has 1 heterocycles. The molecule has 0 saturated carbocycles. The molecule has 0 atom stereocenters. The summed E-state index contributed by atoms with van der Waals surface area (Å²) in [4.78, 5) is 16.1. The molecule has 116 valence electrons. The standard InChI is InChI=1S/C14H19Cl2N3O2/c1-2-18-5-7-19(8-6-18)14(20)17-10-21-13-4-3-11(15)9-12(13)16/h3-4,9H,2,5-8,10H2,1H3,(H,17,20). The van der Waals surface area contributed by atoms with E-state index in [4.69, 9.17) is 27.9 Å². The number of halogens is 2. The van der Waals surface area contributed by atoms with Gasteiger partial charge in [0.05, 0.1) is 5.02 Å². The van der Waals surface area contributed by atoms with E-state index < -0.39 is 0 Å². The molecule has 5 nitrogen and oxygen atoms in total. The summed E-state index contributed by atoms with van der Waals surface area (Å²) in [6, 6.07) is 4.85. The third kappa shape index (κ3) is 4.66. The summed E-state index contributed by atoms with van der Waals surface area (Å²) >= 11 is 11.8. The third-order valence-corrected chi connectivity index (χ3v) is 3.98. The van der Waals surface area contributed by atoms with Crippen LogP contribution in [0.5, 0.6) is 5.75 Å². The van der Waals surface area contributed by atoms with Crippen LogP contribution in [-0.2, 0) is 0 Å². The van der Waals surface area contributed by atoms with E-state index in [2.05, 4.69) is 17.1 Å². The predicted octanol–water partition coefficient (Wildman–Crippen LogP) is 2.68. The van der Waals surface area contributed by atoms with Crippen molar-refractivity contribution in [1.82, 2.24) is 15.1 Å². The van der Waals surface area contributed by atoms with Crippen molar-refractivity contribution >= 4 is 29.2 Å². The SMILES string of the molecule is CCN1CCN(C(=O)NCOc2ccc(Cl)cc2Cl)CC1. The Morgan fingerprint density at radius 2 is 2.00 bits per heavy atom. The quantitative estimate of drug-likeness (QED) is 0.863. The highest BCUT2D eigenvalue weighted by Gasteiger charge is 2.19. The first kappa shape index (κ1) is 16.2. The number of nitrogens with one attached hydrogen (secondary N) is 1. The molecule has 1 aromatic carbocycles. The fourth-order valence-corrected chi connectivity index (χ4v) is 2.61. The average molecular weight is 332 g/mol. The van der Waals surface area contributed by atoms with Gasteiger partial charge in [-0.15, -0.1) is 0 Å². The number of ether oxygens (including phenoxy) is 1. The highest BCUT2D eigenvalue weighted by Crippen LogP contribution is 2.27. The van der Waals surface area contributed by atoms with Gasteiger partial charge in [-0.3, -0.25) is 0 Å². The van der Waals surface area contributed by atoms with Crippen molar-refractivity contribution < 1.29 is 9.53 Å². The van der Waals surface area contributed by atoms with Crippen LogP contribution in [0.1, 0.15) is 6.92 Å². The molecule has 1 fully saturated rings. The van der Waals surface area contributed by atoms with Crippen molar-refractivity contribution in [3.63, 3.8) is 0 Å². The molecule has 21 heavy (non-hydrogen) atoms. The zero-order valence-electron chi connectivity index (χ0n) is 11.9. The van der Waals surface area contributed by atoms with Crippen LogP contribution < -0.4 is 10.1 Å². The van der Waals surface area contributed by atoms with Crippen LogP contribution in [0.2, 0.25) is 10.0 Å². The molecule has 1 aliphatic rings. The number of hydrogen-bond acceptors (Lipinski definition) is 3. The molecule has 0 spiro atoms. The summed E-state index contributed by atoms with van der Waals surface area (Å²) in [6.45, 7) is 6.52. The largest absolute Gasteiger partial charge is 0.472 e. The van der Waals surface area contributed by atoms with Gasteiger partial charge in [0.2, 0.25) is 0 Å². The number of hydrogen-bond donors (Lipinski definition) is 1. The van der Waals surface area contributed by atoms with Crippen molar-refractivity contribution in [3.8, 4) is 5.75 Å². The Morgan fingerprint density at radius 1 is 1.29 bits per heavy atom. The molecule has 0 radical (unpaired) electrons. The van der Waals surface area contributed by atoms with Crippen LogP contribution in [0.15, 0.2) is 18.2 Å². The number of urea groups is 1. The van der Waals surface area contributed by atoms with E-state index in [0.29, 0.717) is 15.8 Å². The van der Waals surface area contributed by atoms with Crippen molar-refractivity contribution in [1.29, 1.82) is 0 Å². The Kier molecular flexibility index (Phi) is 5.96. The molecule has 1 aliphatic heterocycles. The lowest BCUT2D eigenvalue weighted by atomic mass is 10.3. The molecule has 0 unspecified atom stereocenters. The third-order valence-electron chi connectivity index (χ3n) is 3.45. The van der Waals surface area contributed by atoms with Crippen LogP contribution in [-0.4, -0.2) is 55.3 Å². The highest BCUT2D eigenvalue weighted by atomic mass is 35.5. The number of carbonyl (C=O) groups excluding carboxylic acids is 1. The van der Waals surface area contributed by atoms with Gasteiger partial charge in [0, 0.05) is 31.2 Å². The maximum atomic E-state index is 12.0. The number of nitrogens with zero attached hydrogens (tertiary/aromatic N) is 2. The van der Waals surface area contributed by atoms with Crippen molar-refractivity contribution in [3.05, 3.63) is 28.2 Å². The van der Waals surface area contributed by atoms with E-state index >= 15 is 0 Å². The molecule has 7 heteroatoms. The number of benzene rings is 1. The first-order valence-electron chi connectivity index (χ1n) is 6.93. The zero-order chi connectivity index (χ0) is 15.2. The van der Waals surface area contributed by atoms with E-state index in [1.807, 2.05) is 0 Å². The molecule has 0 aliphatic carbocycles. The Morgan fingerprint density at radius 3 is 2.62 bits per heavy atom. The van der Waals surface area contributed by atoms with Crippen LogP contribution in [0.4, 0.5) is 4.79 Å². The smallest absolute Gasteiger partial charge is 0.320 e. The Hall–Kier alpha value is -1.17. The van der Waals surface area contributed by atoms with Gasteiger partial charge >= 0.3 is 6.03 Å². The fraction of sp³-hybridized carbons (Fsp3) is 0.500. The van der Waals surface area contributed by atoms with Crippen molar-refractivity contribution in [2.75, 3.05) is 39.5 Å². The molecular weight excluding hydrogens is 313 g/mol. The predicted molar refractivity (Wildman–Crippen MR) is 84.2 cm³/mol. The lowest BCUT2D eigenvalue weighted by Gasteiger charge is -2.33. The van der Waals surface area contributed by atoms with Crippen LogP contribution in [0.25, 0.3) is 0 Å². The number of rotatable bonds is 4. The maximum Gasteiger partial charge on any atom is 0.320 e. The van der Waals surface area contributed by atoms with E-state index in [1.165, 1.54) is 0 Å². The molecule has 1 N–H and O–H groups in total. The maximum absolute atomic E-state index is 12.0. The molecule has 1 aromatic rings. The van der Waals surface area contributed by atoms with Crippen molar-refractivity contribution in [2.24, 2.45) is 0 Å². The zero-order valence-corrected chi connectivity index (χ0v) is 13.5. The van der Waals surface area contributed by atoms with Gasteiger partial charge in [-0.1, -0.05) is 30.1 Å². The Labute approximate surface area is 134 Å². The minimum atomic E-state index is -0.115. The molecular formula is C14H19Cl2N3O2. The van der Waals surface area contributed by atoms with Gasteiger partial charge in [0.15, 0.2) is 6.73 Å². The van der Waals surface area contributed by atoms with Gasteiger partial charge in [0.25, 0.3) is 0 Å². The highest BCUT2D eigenvalue weighted by molar-refractivity contribution is 6.35. The number of amides is 2. The summed E-state index contributed by atoms with van der Waals surface area (Å²) < 4.78 is 5.44. The van der Waals surface area contributed by atoms with E-state index in [1.54, 1.807) is 23.1 Å². The lowest BCUT2D eigenvalue weighted by Crippen LogP contribution is -2.52. The second kappa shape index (κ2) is 7.73. The van der Waals surface area contributed by atoms with Gasteiger partial charge in [0.1, 0.15) is 5.75 Å². The summed E-state index contributed by atoms with van der Waals surface area (Å²) in [5, 5.41) is 3.70. The molecule has 0 bridgehead atoms. The lowest BCUT2D eigenvalue weighted by molar-refractivity contribution is 0.137.